The molecule has 1 aromatic carbocycles. The number of likely N-dealkylation sites (N-methyl/N-ethyl adjacent to an activating group) is 1. The Hall–Kier alpha value is -2.21. The highest BCUT2D eigenvalue weighted by Gasteiger charge is 2.17. The van der Waals surface area contributed by atoms with Crippen molar-refractivity contribution in [3.8, 4) is 0 Å². The molecule has 0 saturated heterocycles. The molecule has 3 rings (SSSR count). The minimum atomic E-state index is 0.120. The lowest BCUT2D eigenvalue weighted by Gasteiger charge is -2.14. The zero-order chi connectivity index (χ0) is 13.9. The molecule has 2 aromatic heterocycles. The van der Waals surface area contributed by atoms with Gasteiger partial charge in [0.25, 0.3) is 0 Å². The van der Waals surface area contributed by atoms with E-state index in [2.05, 4.69) is 45.3 Å². The maximum Gasteiger partial charge on any atom is 0.111 e. The summed E-state index contributed by atoms with van der Waals surface area (Å²) in [6, 6.07) is 8.29. The molecule has 104 valence electrons. The lowest BCUT2D eigenvalue weighted by molar-refractivity contribution is 0.518. The molecule has 0 amide bonds. The van der Waals surface area contributed by atoms with Crippen LogP contribution in [0.3, 0.4) is 0 Å². The molecule has 0 radical (unpaired) electrons. The molecule has 0 aliphatic heterocycles. The van der Waals surface area contributed by atoms with E-state index in [-0.39, 0.29) is 6.04 Å². The van der Waals surface area contributed by atoms with Crippen LogP contribution in [0, 0.1) is 0 Å². The van der Waals surface area contributed by atoms with Crippen molar-refractivity contribution in [3.05, 3.63) is 42.0 Å². The van der Waals surface area contributed by atoms with Crippen molar-refractivity contribution in [2.45, 2.75) is 19.4 Å². The average Bonchev–Trinajstić information content (AvgIpc) is 3.08. The molecule has 0 bridgehead atoms. The van der Waals surface area contributed by atoms with Crippen molar-refractivity contribution in [2.24, 2.45) is 7.05 Å². The SMILES string of the molecule is CCNC(Cc1nc2ccccc2n1C)c1cn[nH]n1. The fraction of sp³-hybridized carbons (Fsp3) is 0.357. The minimum absolute atomic E-state index is 0.120. The number of hydrogen-bond donors (Lipinski definition) is 2. The maximum absolute atomic E-state index is 4.71. The van der Waals surface area contributed by atoms with E-state index in [1.807, 2.05) is 18.2 Å². The molecule has 0 saturated carbocycles. The molecular formula is C14H18N6. The van der Waals surface area contributed by atoms with Crippen LogP contribution in [0.4, 0.5) is 0 Å². The third-order valence-electron chi connectivity index (χ3n) is 3.51. The van der Waals surface area contributed by atoms with Crippen LogP contribution < -0.4 is 5.32 Å². The fourth-order valence-electron chi connectivity index (χ4n) is 2.47. The van der Waals surface area contributed by atoms with Gasteiger partial charge in [0.15, 0.2) is 0 Å². The van der Waals surface area contributed by atoms with Gasteiger partial charge in [-0.2, -0.15) is 15.4 Å². The van der Waals surface area contributed by atoms with Gasteiger partial charge >= 0.3 is 0 Å². The van der Waals surface area contributed by atoms with E-state index in [1.54, 1.807) is 6.20 Å². The van der Waals surface area contributed by atoms with Crippen LogP contribution in [0.5, 0.6) is 0 Å². The molecule has 1 atom stereocenters. The maximum atomic E-state index is 4.71. The van der Waals surface area contributed by atoms with Crippen molar-refractivity contribution in [1.29, 1.82) is 0 Å². The van der Waals surface area contributed by atoms with Crippen LogP contribution in [0.15, 0.2) is 30.5 Å². The van der Waals surface area contributed by atoms with Crippen molar-refractivity contribution in [3.63, 3.8) is 0 Å². The quantitative estimate of drug-likeness (QED) is 0.738. The molecule has 1 unspecified atom stereocenters. The van der Waals surface area contributed by atoms with Crippen LogP contribution in [0.1, 0.15) is 24.5 Å². The van der Waals surface area contributed by atoms with Crippen molar-refractivity contribution >= 4 is 11.0 Å². The normalized spacial score (nSPS) is 12.9. The number of imidazole rings is 1. The number of benzene rings is 1. The molecule has 2 N–H and O–H groups in total. The second-order valence-corrected chi connectivity index (χ2v) is 4.79. The smallest absolute Gasteiger partial charge is 0.111 e. The van der Waals surface area contributed by atoms with E-state index >= 15 is 0 Å². The average molecular weight is 270 g/mol. The predicted octanol–water partition coefficient (Wildman–Crippen LogP) is 1.58. The van der Waals surface area contributed by atoms with Crippen LogP contribution in [0.25, 0.3) is 11.0 Å². The first-order chi connectivity index (χ1) is 9.79. The molecule has 6 heteroatoms. The summed E-state index contributed by atoms with van der Waals surface area (Å²) in [5, 5.41) is 14.2. The molecule has 3 aromatic rings. The van der Waals surface area contributed by atoms with Gasteiger partial charge in [-0.25, -0.2) is 4.98 Å². The Morgan fingerprint density at radius 3 is 2.90 bits per heavy atom. The van der Waals surface area contributed by atoms with Gasteiger partial charge in [-0.15, -0.1) is 0 Å². The summed E-state index contributed by atoms with van der Waals surface area (Å²) in [5.74, 6) is 1.04. The number of aromatic nitrogens is 5. The fourth-order valence-corrected chi connectivity index (χ4v) is 2.47. The van der Waals surface area contributed by atoms with E-state index < -0.39 is 0 Å². The highest BCUT2D eigenvalue weighted by molar-refractivity contribution is 5.75. The van der Waals surface area contributed by atoms with E-state index in [0.29, 0.717) is 0 Å². The number of hydrogen-bond acceptors (Lipinski definition) is 4. The third kappa shape index (κ3) is 2.30. The number of nitrogens with zero attached hydrogens (tertiary/aromatic N) is 4. The van der Waals surface area contributed by atoms with Gasteiger partial charge in [0.1, 0.15) is 5.82 Å². The van der Waals surface area contributed by atoms with Gasteiger partial charge in [-0.3, -0.25) is 0 Å². The number of rotatable bonds is 5. The summed E-state index contributed by atoms with van der Waals surface area (Å²) in [6.07, 6.45) is 2.54. The summed E-state index contributed by atoms with van der Waals surface area (Å²) < 4.78 is 2.14. The summed E-state index contributed by atoms with van der Waals surface area (Å²) in [4.78, 5) is 4.71. The summed E-state index contributed by atoms with van der Waals surface area (Å²) >= 11 is 0. The lowest BCUT2D eigenvalue weighted by Crippen LogP contribution is -2.24. The summed E-state index contributed by atoms with van der Waals surface area (Å²) in [6.45, 7) is 2.96. The van der Waals surface area contributed by atoms with Crippen molar-refractivity contribution in [2.75, 3.05) is 6.54 Å². The van der Waals surface area contributed by atoms with E-state index in [0.717, 1.165) is 35.5 Å². The highest BCUT2D eigenvalue weighted by atomic mass is 15.3. The molecule has 0 spiro atoms. The van der Waals surface area contributed by atoms with Gasteiger partial charge in [0, 0.05) is 13.5 Å². The number of para-hydroxylation sites is 2. The first-order valence-electron chi connectivity index (χ1n) is 6.79. The minimum Gasteiger partial charge on any atom is -0.331 e. The number of aryl methyl sites for hydroxylation is 1. The Bertz CT molecular complexity index is 685. The van der Waals surface area contributed by atoms with Crippen LogP contribution in [-0.4, -0.2) is 31.5 Å². The van der Waals surface area contributed by atoms with Gasteiger partial charge in [-0.1, -0.05) is 19.1 Å². The number of nitrogens with one attached hydrogen (secondary N) is 2. The summed E-state index contributed by atoms with van der Waals surface area (Å²) in [5.41, 5.74) is 3.09. The molecule has 0 fully saturated rings. The predicted molar refractivity (Wildman–Crippen MR) is 77.2 cm³/mol. The summed E-state index contributed by atoms with van der Waals surface area (Å²) in [7, 11) is 2.05. The molecule has 20 heavy (non-hydrogen) atoms. The van der Waals surface area contributed by atoms with Crippen LogP contribution in [0.2, 0.25) is 0 Å². The van der Waals surface area contributed by atoms with E-state index in [1.165, 1.54) is 0 Å². The Balaban J connectivity index is 1.92. The third-order valence-corrected chi connectivity index (χ3v) is 3.51. The van der Waals surface area contributed by atoms with Gasteiger partial charge in [-0.05, 0) is 18.7 Å². The zero-order valence-corrected chi connectivity index (χ0v) is 11.7. The largest absolute Gasteiger partial charge is 0.331 e. The van der Waals surface area contributed by atoms with Crippen molar-refractivity contribution in [1.82, 2.24) is 30.3 Å². The van der Waals surface area contributed by atoms with Gasteiger partial charge in [0.05, 0.1) is 29.0 Å². The molecule has 6 nitrogen and oxygen atoms in total. The lowest BCUT2D eigenvalue weighted by atomic mass is 10.1. The van der Waals surface area contributed by atoms with Crippen LogP contribution in [-0.2, 0) is 13.5 Å². The standard InChI is InChI=1S/C14H18N6/c1-3-15-11(12-9-16-19-18-12)8-14-17-10-6-4-5-7-13(10)20(14)2/h4-7,9,11,15H,3,8H2,1-2H3,(H,16,18,19). The molecule has 0 aliphatic rings. The van der Waals surface area contributed by atoms with Gasteiger partial charge in [0.2, 0.25) is 0 Å². The zero-order valence-electron chi connectivity index (χ0n) is 11.7. The Morgan fingerprint density at radius 1 is 1.35 bits per heavy atom. The van der Waals surface area contributed by atoms with E-state index in [9.17, 15) is 0 Å². The number of fused-ring (bicyclic) bond motifs is 1. The molecular weight excluding hydrogens is 252 g/mol. The van der Waals surface area contributed by atoms with Crippen LogP contribution >= 0.6 is 0 Å². The first kappa shape index (κ1) is 12.8. The second kappa shape index (κ2) is 5.42. The number of aromatic amines is 1. The second-order valence-electron chi connectivity index (χ2n) is 4.79. The Kier molecular flexibility index (Phi) is 3.47. The molecule has 2 heterocycles. The number of H-pyrrole nitrogens is 1. The monoisotopic (exact) mass is 270 g/mol. The molecule has 0 aliphatic carbocycles. The Labute approximate surface area is 117 Å². The van der Waals surface area contributed by atoms with Gasteiger partial charge < -0.3 is 9.88 Å². The van der Waals surface area contributed by atoms with E-state index in [4.69, 9.17) is 4.98 Å². The highest BCUT2D eigenvalue weighted by Crippen LogP contribution is 2.19. The Morgan fingerprint density at radius 2 is 2.20 bits per heavy atom. The first-order valence-corrected chi connectivity index (χ1v) is 6.79. The topological polar surface area (TPSA) is 71.4 Å². The van der Waals surface area contributed by atoms with Crippen molar-refractivity contribution < 1.29 is 0 Å².